The van der Waals surface area contributed by atoms with E-state index < -0.39 is 4.92 Å². The zero-order valence-electron chi connectivity index (χ0n) is 10.2. The molecule has 98 valence electrons. The summed E-state index contributed by atoms with van der Waals surface area (Å²) in [6, 6.07) is 4.79. The van der Waals surface area contributed by atoms with Gasteiger partial charge in [0.15, 0.2) is 0 Å². The van der Waals surface area contributed by atoms with Crippen molar-refractivity contribution in [3.8, 4) is 11.6 Å². The van der Waals surface area contributed by atoms with Crippen molar-refractivity contribution in [3.63, 3.8) is 0 Å². The van der Waals surface area contributed by atoms with Crippen LogP contribution in [0.5, 0.6) is 11.6 Å². The summed E-state index contributed by atoms with van der Waals surface area (Å²) < 4.78 is 5.36. The molecule has 1 aromatic carbocycles. The zero-order valence-corrected chi connectivity index (χ0v) is 10.2. The number of nitro benzene ring substituents is 1. The van der Waals surface area contributed by atoms with Gasteiger partial charge in [0, 0.05) is 6.07 Å². The third kappa shape index (κ3) is 2.95. The van der Waals surface area contributed by atoms with Crippen LogP contribution in [-0.4, -0.2) is 14.9 Å². The summed E-state index contributed by atoms with van der Waals surface area (Å²) in [4.78, 5) is 18.2. The Kier molecular flexibility index (Phi) is 3.56. The van der Waals surface area contributed by atoms with Gasteiger partial charge in [0.25, 0.3) is 0 Å². The lowest BCUT2D eigenvalue weighted by Gasteiger charge is -2.06. The molecule has 0 aliphatic carbocycles. The number of nitrogens with two attached hydrogens (primary N) is 1. The van der Waals surface area contributed by atoms with Gasteiger partial charge in [0.2, 0.25) is 11.6 Å². The molecule has 1 aromatic heterocycles. The molecule has 19 heavy (non-hydrogen) atoms. The molecule has 7 heteroatoms. The number of hydrogen-bond acceptors (Lipinski definition) is 6. The van der Waals surface area contributed by atoms with Crippen LogP contribution in [0.25, 0.3) is 0 Å². The minimum atomic E-state index is -0.492. The lowest BCUT2D eigenvalue weighted by molar-refractivity contribution is -0.385. The third-order valence-corrected chi connectivity index (χ3v) is 2.47. The van der Waals surface area contributed by atoms with Crippen LogP contribution in [0.1, 0.15) is 12.5 Å². The van der Waals surface area contributed by atoms with Crippen molar-refractivity contribution >= 4 is 11.5 Å². The van der Waals surface area contributed by atoms with Gasteiger partial charge in [-0.1, -0.05) is 13.0 Å². The molecule has 0 aliphatic rings. The second-order valence-electron chi connectivity index (χ2n) is 3.80. The second-order valence-corrected chi connectivity index (χ2v) is 3.80. The largest absolute Gasteiger partial charge is 0.430 e. The zero-order chi connectivity index (χ0) is 13.8. The minimum absolute atomic E-state index is 0.108. The molecule has 0 radical (unpaired) electrons. The fraction of sp³-hybridized carbons (Fsp3) is 0.167. The smallest absolute Gasteiger partial charge is 0.311 e. The summed E-state index contributed by atoms with van der Waals surface area (Å²) in [7, 11) is 0. The van der Waals surface area contributed by atoms with E-state index in [1.807, 2.05) is 6.92 Å². The topological polar surface area (TPSA) is 104 Å². The van der Waals surface area contributed by atoms with Crippen molar-refractivity contribution in [2.45, 2.75) is 13.3 Å². The molecule has 0 amide bonds. The first-order chi connectivity index (χ1) is 9.10. The maximum absolute atomic E-state index is 11.0. The Morgan fingerprint density at radius 3 is 2.84 bits per heavy atom. The lowest BCUT2D eigenvalue weighted by Crippen LogP contribution is -1.98. The summed E-state index contributed by atoms with van der Waals surface area (Å²) in [5.41, 5.74) is 6.22. The lowest BCUT2D eigenvalue weighted by atomic mass is 10.1. The molecule has 7 nitrogen and oxygen atoms in total. The number of nitrogen functional groups attached to an aromatic ring is 1. The second kappa shape index (κ2) is 5.30. The molecule has 2 N–H and O–H groups in total. The van der Waals surface area contributed by atoms with E-state index in [1.165, 1.54) is 18.5 Å². The standard InChI is InChI=1S/C12H12N4O3/c1-2-8-3-4-10(9(5-8)16(17)18)19-12-7-14-6-11(13)15-12/h3-7H,2H2,1H3,(H2,13,15). The van der Waals surface area contributed by atoms with Gasteiger partial charge in [0.05, 0.1) is 17.3 Å². The van der Waals surface area contributed by atoms with E-state index in [1.54, 1.807) is 12.1 Å². The Balaban J connectivity index is 2.36. The highest BCUT2D eigenvalue weighted by Crippen LogP contribution is 2.31. The van der Waals surface area contributed by atoms with E-state index in [4.69, 9.17) is 10.5 Å². The van der Waals surface area contributed by atoms with Crippen molar-refractivity contribution in [1.29, 1.82) is 0 Å². The number of anilines is 1. The van der Waals surface area contributed by atoms with Crippen LogP contribution in [0.4, 0.5) is 11.5 Å². The highest BCUT2D eigenvalue weighted by Gasteiger charge is 2.17. The molecule has 2 rings (SSSR count). The van der Waals surface area contributed by atoms with Crippen molar-refractivity contribution < 1.29 is 9.66 Å². The van der Waals surface area contributed by atoms with E-state index in [0.717, 1.165) is 5.56 Å². The highest BCUT2D eigenvalue weighted by molar-refractivity contribution is 5.50. The molecule has 1 heterocycles. The fourth-order valence-corrected chi connectivity index (χ4v) is 1.54. The van der Waals surface area contributed by atoms with Gasteiger partial charge in [-0.05, 0) is 18.1 Å². The Morgan fingerprint density at radius 2 is 2.21 bits per heavy atom. The molecular formula is C12H12N4O3. The van der Waals surface area contributed by atoms with E-state index in [-0.39, 0.29) is 23.1 Å². The van der Waals surface area contributed by atoms with Gasteiger partial charge < -0.3 is 10.5 Å². The quantitative estimate of drug-likeness (QED) is 0.668. The average Bonchev–Trinajstić information content (AvgIpc) is 2.39. The van der Waals surface area contributed by atoms with Gasteiger partial charge >= 0.3 is 5.69 Å². The van der Waals surface area contributed by atoms with E-state index in [2.05, 4.69) is 9.97 Å². The summed E-state index contributed by atoms with van der Waals surface area (Å²) in [5, 5.41) is 11.0. The number of benzene rings is 1. The number of rotatable bonds is 4. The number of ether oxygens (including phenoxy) is 1. The summed E-state index contributed by atoms with van der Waals surface area (Å²) >= 11 is 0. The Morgan fingerprint density at radius 1 is 1.42 bits per heavy atom. The Bertz CT molecular complexity index is 616. The highest BCUT2D eigenvalue weighted by atomic mass is 16.6. The van der Waals surface area contributed by atoms with Crippen LogP contribution in [0.3, 0.4) is 0 Å². The predicted molar refractivity (Wildman–Crippen MR) is 69.0 cm³/mol. The van der Waals surface area contributed by atoms with Crippen molar-refractivity contribution in [2.75, 3.05) is 5.73 Å². The number of hydrogen-bond donors (Lipinski definition) is 1. The summed E-state index contributed by atoms with van der Waals surface area (Å²) in [5.74, 6) is 0.416. The van der Waals surface area contributed by atoms with Crippen LogP contribution < -0.4 is 10.5 Å². The first-order valence-corrected chi connectivity index (χ1v) is 5.63. The van der Waals surface area contributed by atoms with E-state index in [9.17, 15) is 10.1 Å². The molecule has 0 aliphatic heterocycles. The molecule has 0 fully saturated rings. The van der Waals surface area contributed by atoms with Crippen LogP contribution >= 0.6 is 0 Å². The molecule has 0 atom stereocenters. The molecule has 0 unspecified atom stereocenters. The Labute approximate surface area is 109 Å². The van der Waals surface area contributed by atoms with E-state index >= 15 is 0 Å². The third-order valence-electron chi connectivity index (χ3n) is 2.47. The molecule has 0 spiro atoms. The minimum Gasteiger partial charge on any atom is -0.430 e. The van der Waals surface area contributed by atoms with Gasteiger partial charge in [-0.25, -0.2) is 0 Å². The molecule has 0 saturated heterocycles. The number of aromatic nitrogens is 2. The van der Waals surface area contributed by atoms with Gasteiger partial charge in [0.1, 0.15) is 5.82 Å². The first-order valence-electron chi connectivity index (χ1n) is 5.63. The predicted octanol–water partition coefficient (Wildman–Crippen LogP) is 2.32. The monoisotopic (exact) mass is 260 g/mol. The maximum Gasteiger partial charge on any atom is 0.311 e. The Hall–Kier alpha value is -2.70. The average molecular weight is 260 g/mol. The number of nitrogens with zero attached hydrogens (tertiary/aromatic N) is 3. The molecule has 0 bridgehead atoms. The van der Waals surface area contributed by atoms with Crippen LogP contribution in [0.2, 0.25) is 0 Å². The maximum atomic E-state index is 11.0. The normalized spacial score (nSPS) is 10.2. The van der Waals surface area contributed by atoms with Crippen molar-refractivity contribution in [2.24, 2.45) is 0 Å². The molecule has 2 aromatic rings. The van der Waals surface area contributed by atoms with E-state index in [0.29, 0.717) is 6.42 Å². The SMILES string of the molecule is CCc1ccc(Oc2cncc(N)n2)c([N+](=O)[O-])c1. The van der Waals surface area contributed by atoms with Gasteiger partial charge in [-0.2, -0.15) is 4.98 Å². The van der Waals surface area contributed by atoms with Gasteiger partial charge in [-0.15, -0.1) is 0 Å². The van der Waals surface area contributed by atoms with Crippen molar-refractivity contribution in [3.05, 3.63) is 46.3 Å². The number of nitro groups is 1. The van der Waals surface area contributed by atoms with Crippen LogP contribution in [-0.2, 0) is 6.42 Å². The van der Waals surface area contributed by atoms with Crippen LogP contribution in [0, 0.1) is 10.1 Å². The first kappa shape index (κ1) is 12.7. The van der Waals surface area contributed by atoms with Crippen LogP contribution in [0.15, 0.2) is 30.6 Å². The van der Waals surface area contributed by atoms with Gasteiger partial charge in [-0.3, -0.25) is 15.1 Å². The summed E-state index contributed by atoms with van der Waals surface area (Å²) in [6.07, 6.45) is 3.41. The number of aryl methyl sites for hydroxylation is 1. The molecular weight excluding hydrogens is 248 g/mol. The fourth-order valence-electron chi connectivity index (χ4n) is 1.54. The molecule has 0 saturated carbocycles. The van der Waals surface area contributed by atoms with Crippen molar-refractivity contribution in [1.82, 2.24) is 9.97 Å². The summed E-state index contributed by atoms with van der Waals surface area (Å²) in [6.45, 7) is 1.92.